The number of aliphatic hydroxyl groups is 1. The summed E-state index contributed by atoms with van der Waals surface area (Å²) >= 11 is 0. The first-order valence-electron chi connectivity index (χ1n) is 6.45. The van der Waals surface area contributed by atoms with Crippen LogP contribution in [0.5, 0.6) is 0 Å². The van der Waals surface area contributed by atoms with Crippen LogP contribution in [0.2, 0.25) is 0 Å². The third-order valence-electron chi connectivity index (χ3n) is 2.94. The minimum atomic E-state index is -3.91. The number of halogens is 1. The van der Waals surface area contributed by atoms with E-state index in [-0.39, 0.29) is 17.0 Å². The Morgan fingerprint density at radius 3 is 2.62 bits per heavy atom. The van der Waals surface area contributed by atoms with Crippen LogP contribution in [0.15, 0.2) is 23.1 Å². The van der Waals surface area contributed by atoms with Gasteiger partial charge in [0, 0.05) is 6.54 Å². The predicted octanol–water partition coefficient (Wildman–Crippen LogP) is 1.77. The highest BCUT2D eigenvalue weighted by atomic mass is 32.2. The van der Waals surface area contributed by atoms with Crippen LogP contribution in [0.3, 0.4) is 0 Å². The number of nitrogens with one attached hydrogen (secondary N) is 1. The maximum atomic E-state index is 13.0. The molecule has 0 saturated carbocycles. The van der Waals surface area contributed by atoms with Gasteiger partial charge >= 0.3 is 0 Å². The van der Waals surface area contributed by atoms with Crippen molar-refractivity contribution in [2.45, 2.75) is 38.2 Å². The minimum Gasteiger partial charge on any atom is -0.393 e. The quantitative estimate of drug-likeness (QED) is 0.837. The van der Waals surface area contributed by atoms with Gasteiger partial charge in [-0.15, -0.1) is 0 Å². The molecule has 0 bridgehead atoms. The second-order valence-electron chi connectivity index (χ2n) is 5.79. The number of benzene rings is 1. The fourth-order valence-corrected chi connectivity index (χ4v) is 3.44. The van der Waals surface area contributed by atoms with Crippen molar-refractivity contribution < 1.29 is 17.9 Å². The molecule has 0 radical (unpaired) electrons. The molecule has 2 N–H and O–H groups in total. The van der Waals surface area contributed by atoms with Gasteiger partial charge < -0.3 is 5.11 Å². The van der Waals surface area contributed by atoms with Crippen LogP contribution in [0.4, 0.5) is 4.39 Å². The molecule has 116 valence electrons. The Morgan fingerprint density at radius 1 is 1.48 bits per heavy atom. The van der Waals surface area contributed by atoms with E-state index in [9.17, 15) is 17.9 Å². The molecule has 0 aliphatic heterocycles. The lowest BCUT2D eigenvalue weighted by molar-refractivity contribution is 0.131. The Hall–Kier alpha value is -1.49. The van der Waals surface area contributed by atoms with Gasteiger partial charge in [-0.2, -0.15) is 5.26 Å². The highest BCUT2D eigenvalue weighted by Crippen LogP contribution is 2.23. The van der Waals surface area contributed by atoms with E-state index in [1.54, 1.807) is 13.0 Å². The van der Waals surface area contributed by atoms with Crippen LogP contribution in [0.1, 0.15) is 32.8 Å². The van der Waals surface area contributed by atoms with Crippen molar-refractivity contribution in [2.24, 2.45) is 5.41 Å². The normalized spacial score (nSPS) is 13.7. The Bertz CT molecular complexity index is 649. The Morgan fingerprint density at radius 2 is 2.10 bits per heavy atom. The maximum absolute atomic E-state index is 13.0. The van der Waals surface area contributed by atoms with Crippen LogP contribution in [0, 0.1) is 22.6 Å². The Kier molecular flexibility index (Phi) is 5.45. The van der Waals surface area contributed by atoms with E-state index in [4.69, 9.17) is 5.26 Å². The molecule has 0 heterocycles. The molecule has 5 nitrogen and oxygen atoms in total. The average Bonchev–Trinajstić information content (AvgIpc) is 2.34. The molecule has 7 heteroatoms. The van der Waals surface area contributed by atoms with Gasteiger partial charge in [-0.25, -0.2) is 17.5 Å². The van der Waals surface area contributed by atoms with Crippen LogP contribution < -0.4 is 4.72 Å². The summed E-state index contributed by atoms with van der Waals surface area (Å²) in [6.45, 7) is 5.36. The summed E-state index contributed by atoms with van der Waals surface area (Å²) in [4.78, 5) is -0.251. The first-order chi connectivity index (χ1) is 9.57. The maximum Gasteiger partial charge on any atom is 0.241 e. The smallest absolute Gasteiger partial charge is 0.241 e. The van der Waals surface area contributed by atoms with Crippen molar-refractivity contribution in [3.8, 4) is 6.07 Å². The zero-order valence-electron chi connectivity index (χ0n) is 12.2. The van der Waals surface area contributed by atoms with E-state index >= 15 is 0 Å². The summed E-state index contributed by atoms with van der Waals surface area (Å²) in [5.74, 6) is -0.667. The highest BCUT2D eigenvalue weighted by molar-refractivity contribution is 7.89. The van der Waals surface area contributed by atoms with Crippen molar-refractivity contribution in [1.29, 1.82) is 5.26 Å². The van der Waals surface area contributed by atoms with E-state index in [0.29, 0.717) is 6.42 Å². The van der Waals surface area contributed by atoms with Crippen molar-refractivity contribution >= 4 is 10.0 Å². The number of aliphatic hydroxyl groups excluding tert-OH is 1. The molecule has 0 aliphatic rings. The molecule has 0 unspecified atom stereocenters. The van der Waals surface area contributed by atoms with E-state index in [1.807, 2.05) is 13.8 Å². The molecule has 21 heavy (non-hydrogen) atoms. The van der Waals surface area contributed by atoms with Crippen LogP contribution in [-0.4, -0.2) is 26.2 Å². The predicted molar refractivity (Wildman–Crippen MR) is 76.4 cm³/mol. The molecule has 0 fully saturated rings. The third-order valence-corrected chi connectivity index (χ3v) is 4.40. The number of nitriles is 1. The lowest BCUT2D eigenvalue weighted by Crippen LogP contribution is -2.36. The molecule has 0 amide bonds. The van der Waals surface area contributed by atoms with E-state index in [2.05, 4.69) is 4.72 Å². The molecule has 0 aromatic heterocycles. The first-order valence-corrected chi connectivity index (χ1v) is 7.93. The molecule has 1 atom stereocenters. The van der Waals surface area contributed by atoms with E-state index in [0.717, 1.165) is 18.2 Å². The molecule has 0 spiro atoms. The van der Waals surface area contributed by atoms with Gasteiger partial charge in [-0.3, -0.25) is 0 Å². The van der Waals surface area contributed by atoms with Crippen molar-refractivity contribution in [3.63, 3.8) is 0 Å². The summed E-state index contributed by atoms with van der Waals surface area (Å²) in [5, 5.41) is 18.3. The lowest BCUT2D eigenvalue weighted by Gasteiger charge is -2.26. The summed E-state index contributed by atoms with van der Waals surface area (Å²) in [7, 11) is -3.91. The van der Waals surface area contributed by atoms with Crippen molar-refractivity contribution in [2.75, 3.05) is 6.54 Å². The molecule has 1 aromatic rings. The van der Waals surface area contributed by atoms with Gasteiger partial charge in [0.1, 0.15) is 11.9 Å². The van der Waals surface area contributed by atoms with Gasteiger partial charge in [0.05, 0.1) is 16.6 Å². The molecular formula is C14H19FN2O3S. The highest BCUT2D eigenvalue weighted by Gasteiger charge is 2.25. The zero-order valence-corrected chi connectivity index (χ0v) is 13.0. The fourth-order valence-electron chi connectivity index (χ4n) is 2.06. The van der Waals surface area contributed by atoms with Gasteiger partial charge in [-0.05, 0) is 37.0 Å². The average molecular weight is 314 g/mol. The largest absolute Gasteiger partial charge is 0.393 e. The van der Waals surface area contributed by atoms with Gasteiger partial charge in [-0.1, -0.05) is 13.8 Å². The summed E-state index contributed by atoms with van der Waals surface area (Å²) in [5.41, 5.74) is -0.690. The summed E-state index contributed by atoms with van der Waals surface area (Å²) < 4.78 is 39.9. The second-order valence-corrected chi connectivity index (χ2v) is 7.53. The van der Waals surface area contributed by atoms with Crippen molar-refractivity contribution in [3.05, 3.63) is 29.6 Å². The molecule has 1 rings (SSSR count). The standard InChI is InChI=1S/C14H19FN2O3S/c1-10(18)7-14(2,3)9-17-21(19,20)13-5-4-12(15)6-11(13)8-16/h4-6,10,17-18H,7,9H2,1-3H3/t10-/m1/s1. The number of sulfonamides is 1. The number of hydrogen-bond acceptors (Lipinski definition) is 4. The van der Waals surface area contributed by atoms with Gasteiger partial charge in [0.25, 0.3) is 0 Å². The third kappa shape index (κ3) is 5.08. The van der Waals surface area contributed by atoms with Crippen LogP contribution >= 0.6 is 0 Å². The van der Waals surface area contributed by atoms with Crippen molar-refractivity contribution in [1.82, 2.24) is 4.72 Å². The monoisotopic (exact) mass is 314 g/mol. The second kappa shape index (κ2) is 6.52. The first kappa shape index (κ1) is 17.6. The number of hydrogen-bond donors (Lipinski definition) is 2. The SMILES string of the molecule is C[C@@H](O)CC(C)(C)CNS(=O)(=O)c1ccc(F)cc1C#N. The van der Waals surface area contributed by atoms with E-state index < -0.39 is 27.4 Å². The molecule has 1 aromatic carbocycles. The lowest BCUT2D eigenvalue weighted by atomic mass is 9.87. The summed E-state index contributed by atoms with van der Waals surface area (Å²) in [6.07, 6.45) is -0.130. The topological polar surface area (TPSA) is 90.2 Å². The Labute approximate surface area is 124 Å². The minimum absolute atomic E-state index is 0.0997. The fraction of sp³-hybridized carbons (Fsp3) is 0.500. The molecule has 0 aliphatic carbocycles. The van der Waals surface area contributed by atoms with Crippen LogP contribution in [-0.2, 0) is 10.0 Å². The van der Waals surface area contributed by atoms with Gasteiger partial charge in [0.15, 0.2) is 0 Å². The number of nitrogens with zero attached hydrogens (tertiary/aromatic N) is 1. The van der Waals surface area contributed by atoms with Crippen LogP contribution in [0.25, 0.3) is 0 Å². The number of rotatable bonds is 6. The molecular weight excluding hydrogens is 295 g/mol. The zero-order chi connectivity index (χ0) is 16.3. The molecule has 0 saturated heterocycles. The summed E-state index contributed by atoms with van der Waals surface area (Å²) in [6, 6.07) is 4.62. The van der Waals surface area contributed by atoms with E-state index in [1.165, 1.54) is 0 Å². The van der Waals surface area contributed by atoms with Gasteiger partial charge in [0.2, 0.25) is 10.0 Å². The Balaban J connectivity index is 2.96.